The van der Waals surface area contributed by atoms with Gasteiger partial charge in [0.2, 0.25) is 5.89 Å². The number of hydrogen-bond acceptors (Lipinski definition) is 5. The van der Waals surface area contributed by atoms with Gasteiger partial charge >= 0.3 is 5.97 Å². The summed E-state index contributed by atoms with van der Waals surface area (Å²) in [5, 5.41) is 10.5. The minimum atomic E-state index is -0.759. The van der Waals surface area contributed by atoms with Crippen LogP contribution in [0.3, 0.4) is 0 Å². The summed E-state index contributed by atoms with van der Waals surface area (Å²) < 4.78 is 10.7. The van der Waals surface area contributed by atoms with Crippen molar-refractivity contribution in [2.24, 2.45) is 0 Å². The largest absolute Gasteiger partial charge is 0.511 e. The van der Waals surface area contributed by atoms with Gasteiger partial charge in [-0.05, 0) is 12.0 Å². The van der Waals surface area contributed by atoms with Crippen LogP contribution < -0.4 is 0 Å². The Morgan fingerprint density at radius 3 is 2.67 bits per heavy atom. The molecule has 21 heavy (non-hydrogen) atoms. The van der Waals surface area contributed by atoms with E-state index in [1.807, 2.05) is 30.3 Å². The molecule has 5 nitrogen and oxygen atoms in total. The Hall–Kier alpha value is -2.56. The van der Waals surface area contributed by atoms with Crippen molar-refractivity contribution in [3.8, 4) is 0 Å². The van der Waals surface area contributed by atoms with E-state index in [0.29, 0.717) is 12.0 Å². The lowest BCUT2D eigenvalue weighted by Crippen LogP contribution is -2.28. The summed E-state index contributed by atoms with van der Waals surface area (Å²) in [6, 6.07) is 9.39. The Kier molecular flexibility index (Phi) is 3.48. The third kappa shape index (κ3) is 2.31. The normalized spacial score (nSPS) is 22.2. The Morgan fingerprint density at radius 2 is 2.05 bits per heavy atom. The summed E-state index contributed by atoms with van der Waals surface area (Å²) in [6.45, 7) is 1.81. The Labute approximate surface area is 121 Å². The van der Waals surface area contributed by atoms with Gasteiger partial charge in [0.05, 0.1) is 17.7 Å². The molecule has 5 heteroatoms. The lowest BCUT2D eigenvalue weighted by atomic mass is 9.86. The highest BCUT2D eigenvalue weighted by atomic mass is 16.6. The average Bonchev–Trinajstić information content (AvgIpc) is 3.02. The van der Waals surface area contributed by atoms with Crippen LogP contribution >= 0.6 is 0 Å². The van der Waals surface area contributed by atoms with Crippen LogP contribution in [-0.2, 0) is 9.53 Å². The molecule has 1 aliphatic heterocycles. The summed E-state index contributed by atoms with van der Waals surface area (Å²) in [6.07, 6.45) is 2.56. The Balaban J connectivity index is 2.12. The number of benzene rings is 1. The summed E-state index contributed by atoms with van der Waals surface area (Å²) in [7, 11) is 0. The molecule has 0 radical (unpaired) electrons. The number of aliphatic hydroxyl groups excluding tert-OH is 1. The summed E-state index contributed by atoms with van der Waals surface area (Å²) in [4.78, 5) is 16.1. The lowest BCUT2D eigenvalue weighted by molar-refractivity contribution is -0.150. The van der Waals surface area contributed by atoms with Crippen LogP contribution in [0.4, 0.5) is 0 Å². The molecule has 0 fully saturated rings. The molecule has 2 aromatic rings. The number of oxazole rings is 1. The van der Waals surface area contributed by atoms with E-state index in [1.54, 1.807) is 6.92 Å². The van der Waals surface area contributed by atoms with Crippen LogP contribution in [0.1, 0.15) is 36.8 Å². The van der Waals surface area contributed by atoms with Crippen molar-refractivity contribution >= 4 is 5.97 Å². The van der Waals surface area contributed by atoms with E-state index in [1.165, 1.54) is 12.5 Å². The minimum Gasteiger partial charge on any atom is -0.511 e. The van der Waals surface area contributed by atoms with Gasteiger partial charge in [-0.3, -0.25) is 0 Å². The number of ether oxygens (including phenoxy) is 1. The van der Waals surface area contributed by atoms with Gasteiger partial charge in [-0.15, -0.1) is 0 Å². The monoisotopic (exact) mass is 285 g/mol. The van der Waals surface area contributed by atoms with Gasteiger partial charge in [-0.25, -0.2) is 9.78 Å². The summed E-state index contributed by atoms with van der Waals surface area (Å²) in [5.74, 6) is -0.718. The minimum absolute atomic E-state index is 0.0307. The quantitative estimate of drug-likeness (QED) is 0.876. The molecule has 3 rings (SSSR count). The molecule has 1 aliphatic rings. The molecule has 1 N–H and O–H groups in total. The van der Waals surface area contributed by atoms with Crippen LogP contribution in [0.15, 0.2) is 58.5 Å². The van der Waals surface area contributed by atoms with Crippen molar-refractivity contribution in [2.45, 2.75) is 25.4 Å². The highest BCUT2D eigenvalue weighted by Gasteiger charge is 2.41. The van der Waals surface area contributed by atoms with E-state index < -0.39 is 18.0 Å². The fourth-order valence-corrected chi connectivity index (χ4v) is 2.58. The Bertz CT molecular complexity index is 661. The second kappa shape index (κ2) is 5.44. The molecule has 0 amide bonds. The Morgan fingerprint density at radius 1 is 1.29 bits per heavy atom. The first-order valence-electron chi connectivity index (χ1n) is 6.79. The molecule has 0 bridgehead atoms. The maximum atomic E-state index is 12.0. The zero-order valence-corrected chi connectivity index (χ0v) is 11.5. The fraction of sp³-hybridized carbons (Fsp3) is 0.250. The van der Waals surface area contributed by atoms with Gasteiger partial charge in [0.15, 0.2) is 6.10 Å². The average molecular weight is 285 g/mol. The van der Waals surface area contributed by atoms with E-state index in [-0.39, 0.29) is 11.6 Å². The summed E-state index contributed by atoms with van der Waals surface area (Å²) >= 11 is 0. The number of carbonyl (C=O) groups excluding carboxylic acids is 1. The number of rotatable bonds is 3. The maximum absolute atomic E-state index is 12.0. The molecule has 0 spiro atoms. The number of nitrogens with zero attached hydrogens (tertiary/aromatic N) is 1. The van der Waals surface area contributed by atoms with Crippen molar-refractivity contribution in [1.29, 1.82) is 0 Å². The first kappa shape index (κ1) is 13.4. The van der Waals surface area contributed by atoms with Crippen molar-refractivity contribution in [1.82, 2.24) is 4.98 Å². The molecular weight excluding hydrogens is 270 g/mol. The van der Waals surface area contributed by atoms with E-state index in [4.69, 9.17) is 9.15 Å². The maximum Gasteiger partial charge on any atom is 0.338 e. The van der Waals surface area contributed by atoms with E-state index in [0.717, 1.165) is 5.56 Å². The molecule has 2 atom stereocenters. The SMILES string of the molecule is CCC1=C(O)C(c2ccccc2)C(c2ncco2)OC1=O. The molecule has 0 saturated heterocycles. The zero-order valence-electron chi connectivity index (χ0n) is 11.5. The molecular formula is C16H15NO4. The van der Waals surface area contributed by atoms with Crippen LogP contribution in [0.5, 0.6) is 0 Å². The van der Waals surface area contributed by atoms with E-state index in [2.05, 4.69) is 4.98 Å². The predicted molar refractivity (Wildman–Crippen MR) is 74.5 cm³/mol. The van der Waals surface area contributed by atoms with Gasteiger partial charge in [0.25, 0.3) is 0 Å². The fourth-order valence-electron chi connectivity index (χ4n) is 2.58. The number of cyclic esters (lactones) is 1. The van der Waals surface area contributed by atoms with Crippen LogP contribution in [-0.4, -0.2) is 16.1 Å². The van der Waals surface area contributed by atoms with Gasteiger partial charge in [0, 0.05) is 0 Å². The predicted octanol–water partition coefficient (Wildman–Crippen LogP) is 3.28. The lowest BCUT2D eigenvalue weighted by Gasteiger charge is -2.30. The highest BCUT2D eigenvalue weighted by molar-refractivity contribution is 5.90. The van der Waals surface area contributed by atoms with Gasteiger partial charge in [-0.1, -0.05) is 37.3 Å². The van der Waals surface area contributed by atoms with E-state index in [9.17, 15) is 9.90 Å². The number of aromatic nitrogens is 1. The second-order valence-electron chi connectivity index (χ2n) is 4.80. The van der Waals surface area contributed by atoms with Gasteiger partial charge in [-0.2, -0.15) is 0 Å². The molecule has 0 saturated carbocycles. The molecule has 1 aromatic carbocycles. The molecule has 0 aliphatic carbocycles. The first-order chi connectivity index (χ1) is 10.2. The van der Waals surface area contributed by atoms with Gasteiger partial charge < -0.3 is 14.3 Å². The van der Waals surface area contributed by atoms with Crippen LogP contribution in [0.2, 0.25) is 0 Å². The van der Waals surface area contributed by atoms with Gasteiger partial charge in [0.1, 0.15) is 12.0 Å². The molecule has 2 unspecified atom stereocenters. The topological polar surface area (TPSA) is 72.6 Å². The molecule has 1 aromatic heterocycles. The molecule has 2 heterocycles. The van der Waals surface area contributed by atoms with Crippen LogP contribution in [0.25, 0.3) is 0 Å². The third-order valence-corrected chi connectivity index (χ3v) is 3.59. The molecule has 108 valence electrons. The number of carbonyl (C=O) groups is 1. The van der Waals surface area contributed by atoms with E-state index >= 15 is 0 Å². The third-order valence-electron chi connectivity index (χ3n) is 3.59. The van der Waals surface area contributed by atoms with Crippen LogP contribution in [0, 0.1) is 0 Å². The smallest absolute Gasteiger partial charge is 0.338 e. The van der Waals surface area contributed by atoms with Crippen molar-refractivity contribution in [3.05, 3.63) is 65.6 Å². The van der Waals surface area contributed by atoms with Crippen molar-refractivity contribution in [2.75, 3.05) is 0 Å². The zero-order chi connectivity index (χ0) is 14.8. The van der Waals surface area contributed by atoms with Crippen molar-refractivity contribution in [3.63, 3.8) is 0 Å². The summed E-state index contributed by atoms with van der Waals surface area (Å²) in [5.41, 5.74) is 1.14. The second-order valence-corrected chi connectivity index (χ2v) is 4.80. The number of esters is 1. The number of aliphatic hydroxyl groups is 1. The first-order valence-corrected chi connectivity index (χ1v) is 6.79. The standard InChI is InChI=1S/C16H15NO4/c1-2-11-13(18)12(10-6-4-3-5-7-10)14(21-16(11)19)15-17-8-9-20-15/h3-9,12,14,18H,2H2,1H3. The van der Waals surface area contributed by atoms with Crippen molar-refractivity contribution < 1.29 is 19.1 Å². The highest BCUT2D eigenvalue weighted by Crippen LogP contribution is 2.43. The number of hydrogen-bond donors (Lipinski definition) is 1.